The zero-order valence-corrected chi connectivity index (χ0v) is 8.47. The van der Waals surface area contributed by atoms with Crippen LogP contribution in [0.15, 0.2) is 36.0 Å². The number of hydrogen-bond donors (Lipinski definition) is 0. The lowest BCUT2D eigenvalue weighted by Crippen LogP contribution is -2.24. The summed E-state index contributed by atoms with van der Waals surface area (Å²) in [4.78, 5) is 0. The molecule has 0 heteroatoms. The average molecular weight is 174 g/mol. The van der Waals surface area contributed by atoms with E-state index in [1.54, 1.807) is 5.57 Å². The van der Waals surface area contributed by atoms with Gasteiger partial charge in [-0.1, -0.05) is 31.7 Å². The van der Waals surface area contributed by atoms with Crippen LogP contribution in [0.4, 0.5) is 0 Å². The van der Waals surface area contributed by atoms with Crippen molar-refractivity contribution in [1.29, 1.82) is 0 Å². The smallest absolute Gasteiger partial charge is 0.00750 e. The molecule has 2 rings (SSSR count). The second-order valence-electron chi connectivity index (χ2n) is 4.54. The third-order valence-corrected chi connectivity index (χ3v) is 3.56. The van der Waals surface area contributed by atoms with E-state index in [2.05, 4.69) is 25.7 Å². The van der Waals surface area contributed by atoms with E-state index in [1.807, 2.05) is 6.08 Å². The molecule has 0 spiro atoms. The van der Waals surface area contributed by atoms with Crippen molar-refractivity contribution in [3.63, 3.8) is 0 Å². The molecule has 1 atom stereocenters. The summed E-state index contributed by atoms with van der Waals surface area (Å²) in [6.07, 6.45) is 13.3. The Morgan fingerprint density at radius 1 is 1.46 bits per heavy atom. The molecule has 2 aliphatic carbocycles. The first-order chi connectivity index (χ1) is 6.24. The zero-order chi connectivity index (χ0) is 9.31. The molecule has 0 aromatic rings. The van der Waals surface area contributed by atoms with Crippen LogP contribution >= 0.6 is 0 Å². The van der Waals surface area contributed by atoms with E-state index in [0.717, 1.165) is 0 Å². The Morgan fingerprint density at radius 2 is 2.31 bits per heavy atom. The molecular formula is C13H18. The third-order valence-electron chi connectivity index (χ3n) is 3.56. The number of allylic oxidation sites excluding steroid dienone is 5. The maximum Gasteiger partial charge on any atom is -0.00750 e. The summed E-state index contributed by atoms with van der Waals surface area (Å²) >= 11 is 0. The van der Waals surface area contributed by atoms with Crippen LogP contribution in [-0.2, 0) is 0 Å². The molecule has 1 unspecified atom stereocenters. The highest BCUT2D eigenvalue weighted by molar-refractivity contribution is 5.38. The summed E-state index contributed by atoms with van der Waals surface area (Å²) in [7, 11) is 0. The topological polar surface area (TPSA) is 0 Å². The highest BCUT2D eigenvalue weighted by Gasteiger charge is 2.31. The van der Waals surface area contributed by atoms with Gasteiger partial charge in [-0.3, -0.25) is 0 Å². The van der Waals surface area contributed by atoms with Crippen molar-refractivity contribution >= 4 is 0 Å². The summed E-state index contributed by atoms with van der Waals surface area (Å²) in [5.74, 6) is 0. The second kappa shape index (κ2) is 3.17. The normalized spacial score (nSPS) is 33.0. The maximum atomic E-state index is 3.85. The van der Waals surface area contributed by atoms with Crippen molar-refractivity contribution in [3.05, 3.63) is 36.0 Å². The molecule has 0 bridgehead atoms. The number of fused-ring (bicyclic) bond motifs is 1. The molecule has 0 saturated carbocycles. The lowest BCUT2D eigenvalue weighted by Gasteiger charge is -2.37. The van der Waals surface area contributed by atoms with Crippen molar-refractivity contribution in [1.82, 2.24) is 0 Å². The number of rotatable bonds is 1. The Hall–Kier alpha value is -0.780. The summed E-state index contributed by atoms with van der Waals surface area (Å²) < 4.78 is 0. The van der Waals surface area contributed by atoms with Gasteiger partial charge in [0.25, 0.3) is 0 Å². The molecule has 0 nitrogen and oxygen atoms in total. The van der Waals surface area contributed by atoms with Crippen molar-refractivity contribution in [2.45, 2.75) is 39.0 Å². The van der Waals surface area contributed by atoms with Gasteiger partial charge < -0.3 is 0 Å². The summed E-state index contributed by atoms with van der Waals surface area (Å²) in [6, 6.07) is 0. The van der Waals surface area contributed by atoms with E-state index in [0.29, 0.717) is 5.41 Å². The van der Waals surface area contributed by atoms with Gasteiger partial charge in [-0.05, 0) is 48.7 Å². The van der Waals surface area contributed by atoms with Gasteiger partial charge in [0.2, 0.25) is 0 Å². The number of hydrogen-bond acceptors (Lipinski definition) is 0. The van der Waals surface area contributed by atoms with Crippen molar-refractivity contribution in [3.8, 4) is 0 Å². The average Bonchev–Trinajstić information content (AvgIpc) is 2.16. The van der Waals surface area contributed by atoms with Crippen LogP contribution in [0, 0.1) is 5.41 Å². The minimum absolute atomic E-state index is 0.491. The van der Waals surface area contributed by atoms with E-state index >= 15 is 0 Å². The van der Waals surface area contributed by atoms with E-state index in [4.69, 9.17) is 0 Å². The van der Waals surface area contributed by atoms with Gasteiger partial charge in [-0.25, -0.2) is 0 Å². The second-order valence-corrected chi connectivity index (χ2v) is 4.54. The van der Waals surface area contributed by atoms with Crippen LogP contribution in [0.2, 0.25) is 0 Å². The Kier molecular flexibility index (Phi) is 2.15. The molecule has 0 aromatic carbocycles. The molecule has 0 radical (unpaired) electrons. The Bertz CT molecular complexity index is 280. The van der Waals surface area contributed by atoms with Crippen LogP contribution in [0.3, 0.4) is 0 Å². The molecule has 0 amide bonds. The predicted molar refractivity (Wildman–Crippen MR) is 57.6 cm³/mol. The fourth-order valence-corrected chi connectivity index (χ4v) is 2.50. The van der Waals surface area contributed by atoms with E-state index < -0.39 is 0 Å². The minimum Gasteiger partial charge on any atom is -0.0988 e. The van der Waals surface area contributed by atoms with Gasteiger partial charge in [0.1, 0.15) is 0 Å². The molecule has 13 heavy (non-hydrogen) atoms. The summed E-state index contributed by atoms with van der Waals surface area (Å²) in [5.41, 5.74) is 3.48. The molecule has 0 N–H and O–H groups in total. The fraction of sp³-hybridized carbons (Fsp3) is 0.538. The van der Waals surface area contributed by atoms with Gasteiger partial charge >= 0.3 is 0 Å². The van der Waals surface area contributed by atoms with Gasteiger partial charge in [-0.2, -0.15) is 0 Å². The SMILES string of the molecule is C=CC1=CC2=CCCCC2(C)CC1. The first-order valence-corrected chi connectivity index (χ1v) is 5.28. The molecule has 0 aromatic heterocycles. The largest absolute Gasteiger partial charge is 0.0988 e. The monoisotopic (exact) mass is 174 g/mol. The summed E-state index contributed by atoms with van der Waals surface area (Å²) in [5, 5.41) is 0. The molecule has 0 saturated heterocycles. The third kappa shape index (κ3) is 1.50. The maximum absolute atomic E-state index is 3.85. The Morgan fingerprint density at radius 3 is 3.08 bits per heavy atom. The molecule has 0 fully saturated rings. The van der Waals surface area contributed by atoms with Crippen molar-refractivity contribution < 1.29 is 0 Å². The van der Waals surface area contributed by atoms with Gasteiger partial charge in [0.05, 0.1) is 0 Å². The highest BCUT2D eigenvalue weighted by atomic mass is 14.4. The highest BCUT2D eigenvalue weighted by Crippen LogP contribution is 2.45. The molecular weight excluding hydrogens is 156 g/mol. The van der Waals surface area contributed by atoms with Crippen LogP contribution in [0.1, 0.15) is 39.0 Å². The van der Waals surface area contributed by atoms with Crippen LogP contribution < -0.4 is 0 Å². The van der Waals surface area contributed by atoms with Gasteiger partial charge in [-0.15, -0.1) is 0 Å². The van der Waals surface area contributed by atoms with Crippen LogP contribution in [-0.4, -0.2) is 0 Å². The van der Waals surface area contributed by atoms with Gasteiger partial charge in [0.15, 0.2) is 0 Å². The summed E-state index contributed by atoms with van der Waals surface area (Å²) in [6.45, 7) is 6.26. The first kappa shape index (κ1) is 8.80. The van der Waals surface area contributed by atoms with Crippen molar-refractivity contribution in [2.24, 2.45) is 5.41 Å². The quantitative estimate of drug-likeness (QED) is 0.563. The standard InChI is InChI=1S/C13H18/c1-3-11-7-9-13(2)8-5-4-6-12(13)10-11/h3,6,10H,1,4-5,7-9H2,2H3. The Balaban J connectivity index is 2.34. The van der Waals surface area contributed by atoms with Crippen molar-refractivity contribution in [2.75, 3.05) is 0 Å². The minimum atomic E-state index is 0.491. The van der Waals surface area contributed by atoms with Gasteiger partial charge in [0, 0.05) is 0 Å². The van der Waals surface area contributed by atoms with E-state index in [-0.39, 0.29) is 0 Å². The lowest BCUT2D eigenvalue weighted by molar-refractivity contribution is 0.312. The first-order valence-electron chi connectivity index (χ1n) is 5.28. The molecule has 70 valence electrons. The Labute approximate surface area is 81.0 Å². The van der Waals surface area contributed by atoms with Crippen LogP contribution in [0.5, 0.6) is 0 Å². The van der Waals surface area contributed by atoms with Crippen LogP contribution in [0.25, 0.3) is 0 Å². The molecule has 2 aliphatic rings. The molecule has 0 aliphatic heterocycles. The van der Waals surface area contributed by atoms with E-state index in [9.17, 15) is 0 Å². The molecule has 0 heterocycles. The fourth-order valence-electron chi connectivity index (χ4n) is 2.50. The van der Waals surface area contributed by atoms with E-state index in [1.165, 1.54) is 37.7 Å². The predicted octanol–water partition coefficient (Wildman–Crippen LogP) is 4.01. The lowest BCUT2D eigenvalue weighted by atomic mass is 9.67. The zero-order valence-electron chi connectivity index (χ0n) is 8.47.